The molecule has 1 aromatic carbocycles. The second-order valence-electron chi connectivity index (χ2n) is 3.86. The van der Waals surface area contributed by atoms with Gasteiger partial charge in [-0.1, -0.05) is 6.07 Å². The molecule has 0 atom stereocenters. The van der Waals surface area contributed by atoms with Gasteiger partial charge in [-0.3, -0.25) is 16.0 Å². The molecule has 0 fully saturated rings. The lowest BCUT2D eigenvalue weighted by molar-refractivity contribution is -0.383. The van der Waals surface area contributed by atoms with Crippen molar-refractivity contribution in [3.63, 3.8) is 0 Å². The fraction of sp³-hybridized carbons (Fsp3) is 0.400. The largest absolute Gasteiger partial charge is 0.390 e. The van der Waals surface area contributed by atoms with Crippen LogP contribution in [0.5, 0.6) is 0 Å². The number of halogens is 3. The van der Waals surface area contributed by atoms with Gasteiger partial charge in [-0.2, -0.15) is 13.2 Å². The quantitative estimate of drug-likeness (QED) is 0.490. The first-order chi connectivity index (χ1) is 8.76. The number of nitrogens with one attached hydrogen (secondary N) is 1. The zero-order valence-corrected chi connectivity index (χ0v) is 10.1. The zero-order chi connectivity index (χ0) is 14.6. The number of alkyl halides is 3. The number of hydrogen-bond acceptors (Lipinski definition) is 5. The summed E-state index contributed by atoms with van der Waals surface area (Å²) in [4.78, 5) is 11.5. The van der Waals surface area contributed by atoms with Gasteiger partial charge in [0, 0.05) is 13.6 Å². The minimum Gasteiger partial charge on any atom is -0.369 e. The van der Waals surface area contributed by atoms with Gasteiger partial charge < -0.3 is 10.3 Å². The van der Waals surface area contributed by atoms with E-state index >= 15 is 0 Å². The van der Waals surface area contributed by atoms with Crippen LogP contribution in [0.1, 0.15) is 6.42 Å². The van der Waals surface area contributed by atoms with Crippen LogP contribution in [0.3, 0.4) is 0 Å². The molecule has 0 amide bonds. The van der Waals surface area contributed by atoms with Crippen molar-refractivity contribution in [1.29, 1.82) is 0 Å². The number of nitrogen functional groups attached to an aromatic ring is 1. The van der Waals surface area contributed by atoms with Crippen LogP contribution in [0.2, 0.25) is 0 Å². The first-order valence-corrected chi connectivity index (χ1v) is 5.28. The Kier molecular flexibility index (Phi) is 4.54. The lowest BCUT2D eigenvalue weighted by Crippen LogP contribution is -2.25. The van der Waals surface area contributed by atoms with Gasteiger partial charge in [-0.25, -0.2) is 0 Å². The van der Waals surface area contributed by atoms with Crippen molar-refractivity contribution in [3.05, 3.63) is 28.3 Å². The standard InChI is InChI=1S/C10H13F3N4O2/c1-16(6-5-10(11,12)13)8-4-2-3-7(15-14)9(8)17(18)19/h2-4,15H,5-6,14H2,1H3. The minimum atomic E-state index is -4.31. The highest BCUT2D eigenvalue weighted by molar-refractivity contribution is 5.76. The van der Waals surface area contributed by atoms with E-state index in [-0.39, 0.29) is 23.6 Å². The number of nitrogens with two attached hydrogens (primary N) is 1. The van der Waals surface area contributed by atoms with Crippen molar-refractivity contribution >= 4 is 17.1 Å². The lowest BCUT2D eigenvalue weighted by Gasteiger charge is -2.20. The Labute approximate surface area is 107 Å². The molecule has 0 bridgehead atoms. The Morgan fingerprint density at radius 3 is 2.58 bits per heavy atom. The number of nitrogens with zero attached hydrogens (tertiary/aromatic N) is 2. The van der Waals surface area contributed by atoms with Crippen LogP contribution in [0.15, 0.2) is 18.2 Å². The number of benzene rings is 1. The van der Waals surface area contributed by atoms with E-state index in [0.717, 1.165) is 0 Å². The Morgan fingerprint density at radius 2 is 2.11 bits per heavy atom. The van der Waals surface area contributed by atoms with E-state index in [1.165, 1.54) is 30.1 Å². The van der Waals surface area contributed by atoms with Crippen molar-refractivity contribution in [1.82, 2.24) is 0 Å². The van der Waals surface area contributed by atoms with Crippen LogP contribution < -0.4 is 16.2 Å². The number of para-hydroxylation sites is 1. The average molecular weight is 278 g/mol. The summed E-state index contributed by atoms with van der Waals surface area (Å²) < 4.78 is 36.4. The second-order valence-corrected chi connectivity index (χ2v) is 3.86. The second kappa shape index (κ2) is 5.74. The number of nitro benzene ring substituents is 1. The maximum absolute atomic E-state index is 12.1. The molecule has 106 valence electrons. The van der Waals surface area contributed by atoms with E-state index in [9.17, 15) is 23.3 Å². The van der Waals surface area contributed by atoms with E-state index in [4.69, 9.17) is 5.84 Å². The summed E-state index contributed by atoms with van der Waals surface area (Å²) in [5.41, 5.74) is 1.92. The van der Waals surface area contributed by atoms with Crippen LogP contribution in [0.25, 0.3) is 0 Å². The molecule has 9 heteroatoms. The fourth-order valence-electron chi connectivity index (χ4n) is 1.56. The molecule has 0 aliphatic rings. The smallest absolute Gasteiger partial charge is 0.369 e. The third-order valence-electron chi connectivity index (χ3n) is 2.49. The molecule has 0 unspecified atom stereocenters. The molecule has 3 N–H and O–H groups in total. The summed E-state index contributed by atoms with van der Waals surface area (Å²) in [5.74, 6) is 5.15. The van der Waals surface area contributed by atoms with Crippen LogP contribution in [-0.4, -0.2) is 24.7 Å². The lowest BCUT2D eigenvalue weighted by atomic mass is 10.2. The highest BCUT2D eigenvalue weighted by atomic mass is 19.4. The Hall–Kier alpha value is -2.03. The summed E-state index contributed by atoms with van der Waals surface area (Å²) in [6, 6.07) is 4.22. The molecule has 1 rings (SSSR count). The molecule has 0 aliphatic heterocycles. The van der Waals surface area contributed by atoms with Crippen molar-refractivity contribution < 1.29 is 18.1 Å². The first kappa shape index (κ1) is 15.0. The summed E-state index contributed by atoms with van der Waals surface area (Å²) >= 11 is 0. The van der Waals surface area contributed by atoms with Crippen molar-refractivity contribution in [2.45, 2.75) is 12.6 Å². The molecule has 1 aromatic rings. The Morgan fingerprint density at radius 1 is 1.47 bits per heavy atom. The third kappa shape index (κ3) is 3.98. The molecule has 0 saturated carbocycles. The van der Waals surface area contributed by atoms with Crippen molar-refractivity contribution in [3.8, 4) is 0 Å². The SMILES string of the molecule is CN(CCC(F)(F)F)c1cccc(NN)c1[N+](=O)[O-]. The first-order valence-electron chi connectivity index (χ1n) is 5.28. The average Bonchev–Trinajstić information content (AvgIpc) is 2.33. The van der Waals surface area contributed by atoms with Gasteiger partial charge in [0.15, 0.2) is 0 Å². The summed E-state index contributed by atoms with van der Waals surface area (Å²) in [6.45, 7) is -0.377. The van der Waals surface area contributed by atoms with Gasteiger partial charge in [-0.15, -0.1) is 0 Å². The zero-order valence-electron chi connectivity index (χ0n) is 10.1. The molecular formula is C10H13F3N4O2. The maximum Gasteiger partial charge on any atom is 0.390 e. The summed E-state index contributed by atoms with van der Waals surface area (Å²) in [5, 5.41) is 11.0. The number of hydrogen-bond donors (Lipinski definition) is 2. The number of nitro groups is 1. The topological polar surface area (TPSA) is 84.4 Å². The molecule has 0 radical (unpaired) electrons. The fourth-order valence-corrected chi connectivity index (χ4v) is 1.56. The van der Waals surface area contributed by atoms with Crippen LogP contribution in [-0.2, 0) is 0 Å². The maximum atomic E-state index is 12.1. The van der Waals surface area contributed by atoms with E-state index < -0.39 is 17.5 Å². The Balaban J connectivity index is 3.02. The summed E-state index contributed by atoms with van der Waals surface area (Å²) in [7, 11) is 1.36. The van der Waals surface area contributed by atoms with Gasteiger partial charge in [0.25, 0.3) is 0 Å². The molecule has 0 spiro atoms. The van der Waals surface area contributed by atoms with Crippen molar-refractivity contribution in [2.75, 3.05) is 23.9 Å². The molecule has 19 heavy (non-hydrogen) atoms. The van der Waals surface area contributed by atoms with Gasteiger partial charge in [-0.05, 0) is 12.1 Å². The van der Waals surface area contributed by atoms with Crippen LogP contribution >= 0.6 is 0 Å². The third-order valence-corrected chi connectivity index (χ3v) is 2.49. The normalized spacial score (nSPS) is 11.2. The van der Waals surface area contributed by atoms with Crippen LogP contribution in [0.4, 0.5) is 30.2 Å². The molecule has 0 heterocycles. The number of hydrazine groups is 1. The molecular weight excluding hydrogens is 265 g/mol. The van der Waals surface area contributed by atoms with E-state index in [1.54, 1.807) is 0 Å². The predicted molar refractivity (Wildman–Crippen MR) is 64.8 cm³/mol. The predicted octanol–water partition coefficient (Wildman–Crippen LogP) is 2.27. The number of anilines is 2. The van der Waals surface area contributed by atoms with E-state index in [1.807, 2.05) is 0 Å². The number of rotatable bonds is 5. The van der Waals surface area contributed by atoms with Gasteiger partial charge in [0.05, 0.1) is 11.3 Å². The van der Waals surface area contributed by atoms with Gasteiger partial charge >= 0.3 is 11.9 Å². The van der Waals surface area contributed by atoms with Crippen LogP contribution in [0, 0.1) is 10.1 Å². The van der Waals surface area contributed by atoms with E-state index in [0.29, 0.717) is 0 Å². The highest BCUT2D eigenvalue weighted by Crippen LogP contribution is 2.35. The van der Waals surface area contributed by atoms with Gasteiger partial charge in [0.1, 0.15) is 11.4 Å². The summed E-state index contributed by atoms with van der Waals surface area (Å²) in [6.07, 6.45) is -5.37. The molecule has 0 saturated heterocycles. The minimum absolute atomic E-state index is 0.0429. The Bertz CT molecular complexity index is 465. The molecule has 0 aliphatic carbocycles. The monoisotopic (exact) mass is 278 g/mol. The van der Waals surface area contributed by atoms with Gasteiger partial charge in [0.2, 0.25) is 0 Å². The van der Waals surface area contributed by atoms with Crippen molar-refractivity contribution in [2.24, 2.45) is 5.84 Å². The van der Waals surface area contributed by atoms with E-state index in [2.05, 4.69) is 5.43 Å². The molecule has 6 nitrogen and oxygen atoms in total. The molecule has 0 aromatic heterocycles. The highest BCUT2D eigenvalue weighted by Gasteiger charge is 2.29.